The molecule has 0 spiro atoms. The minimum atomic E-state index is -0.568. The first-order valence-corrected chi connectivity index (χ1v) is 29.7. The lowest BCUT2D eigenvalue weighted by Gasteiger charge is -2.27. The Balaban J connectivity index is 0.898. The maximum absolute atomic E-state index is 13.9. The third-order valence-corrected chi connectivity index (χ3v) is 15.4. The summed E-state index contributed by atoms with van der Waals surface area (Å²) in [6.07, 6.45) is 18.0. The van der Waals surface area contributed by atoms with Gasteiger partial charge >= 0.3 is 29.8 Å². The molecule has 0 aliphatic heterocycles. The maximum atomic E-state index is 13.9. The Morgan fingerprint density at radius 2 is 0.964 bits per heavy atom. The van der Waals surface area contributed by atoms with Gasteiger partial charge in [0.2, 0.25) is 5.13 Å². The molecule has 7 rings (SSSR count). The van der Waals surface area contributed by atoms with Crippen LogP contribution in [-0.4, -0.2) is 93.8 Å². The topological polar surface area (TPSA) is 197 Å². The zero-order chi connectivity index (χ0) is 58.4. The second kappa shape index (κ2) is 34.5. The van der Waals surface area contributed by atoms with E-state index in [-0.39, 0.29) is 60.3 Å². The van der Waals surface area contributed by atoms with Crippen LogP contribution >= 0.6 is 11.3 Å². The predicted octanol–water partition coefficient (Wildman–Crippen LogP) is 12.8. The lowest BCUT2D eigenvalue weighted by molar-refractivity contribution is -0.141. The molecule has 2 aliphatic carbocycles. The van der Waals surface area contributed by atoms with Gasteiger partial charge in [-0.1, -0.05) is 43.2 Å². The Kier molecular flexibility index (Phi) is 26.0. The standard InChI is InChI=1S/C65H77N3O14S/c1-4-60(69)76-40-15-9-7-13-38-74-52-27-31-54(32-28-52)79-45-47-19-23-49(24-20-47)63(72)81-56-35-36-58(51(43-56)44-66-68(37-42-78-62(71)6-3)65-67-57-17-11-12-18-59(57)83-65)82-64(73)50-25-21-48(22-26-50)46-80-55-33-29-53(30-34-55)75-39-14-8-10-16-41-77-61(70)5-2/h4-6,11-12,17-18,27-36,43-44,47-50H,1-3,7-10,13-16,19-26,37-42,45-46H2/b66-44+. The summed E-state index contributed by atoms with van der Waals surface area (Å²) < 4.78 is 52.6. The van der Waals surface area contributed by atoms with Crippen LogP contribution in [0.25, 0.3) is 10.2 Å². The van der Waals surface area contributed by atoms with Gasteiger partial charge in [0.15, 0.2) is 0 Å². The molecule has 0 atom stereocenters. The Morgan fingerprint density at radius 3 is 1.46 bits per heavy atom. The van der Waals surface area contributed by atoms with Crippen molar-refractivity contribution in [1.29, 1.82) is 0 Å². The Hall–Kier alpha value is -7.99. The van der Waals surface area contributed by atoms with Crippen molar-refractivity contribution in [2.75, 3.05) is 57.8 Å². The number of aromatic nitrogens is 1. The number of unbranched alkanes of at least 4 members (excludes halogenated alkanes) is 6. The first kappa shape index (κ1) is 62.6. The summed E-state index contributed by atoms with van der Waals surface area (Å²) in [5.74, 6) is 1.42. The van der Waals surface area contributed by atoms with Gasteiger partial charge in [0, 0.05) is 23.8 Å². The highest BCUT2D eigenvalue weighted by molar-refractivity contribution is 7.22. The fourth-order valence-electron chi connectivity index (χ4n) is 9.55. The summed E-state index contributed by atoms with van der Waals surface area (Å²) in [6, 6.07) is 27.8. The number of benzene rings is 4. The molecular formula is C65H77N3O14S. The fourth-order valence-corrected chi connectivity index (χ4v) is 10.5. The minimum Gasteiger partial charge on any atom is -0.494 e. The molecule has 5 aromatic rings. The van der Waals surface area contributed by atoms with Gasteiger partial charge in [-0.15, -0.1) is 0 Å². The number of carbonyl (C=O) groups excluding carboxylic acids is 5. The van der Waals surface area contributed by atoms with Gasteiger partial charge in [0.05, 0.1) is 74.5 Å². The normalized spacial score (nSPS) is 16.7. The van der Waals surface area contributed by atoms with Gasteiger partial charge in [-0.3, -0.25) is 9.59 Å². The zero-order valence-electron chi connectivity index (χ0n) is 47.3. The molecule has 83 heavy (non-hydrogen) atoms. The van der Waals surface area contributed by atoms with Crippen LogP contribution in [-0.2, 0) is 38.2 Å². The monoisotopic (exact) mass is 1160 g/mol. The molecule has 4 aromatic carbocycles. The van der Waals surface area contributed by atoms with E-state index in [9.17, 15) is 24.0 Å². The van der Waals surface area contributed by atoms with Crippen LogP contribution in [0.4, 0.5) is 5.13 Å². The SMILES string of the molecule is C=CC(=O)OCCCCCCOc1ccc(OCC2CCC(C(=O)Oc3ccc(OC(=O)C4CCC(COc5ccc(OCCCCCCOC(=O)C=C)cc5)CC4)c(/C=N/N(CCOC(=O)C=C)c4nc5ccccc5s4)c3)CC2)cc1. The number of anilines is 1. The number of hydrogen-bond donors (Lipinski definition) is 0. The molecule has 0 bridgehead atoms. The van der Waals surface area contributed by atoms with Crippen molar-refractivity contribution in [2.24, 2.45) is 28.8 Å². The minimum absolute atomic E-state index is 0.00541. The lowest BCUT2D eigenvalue weighted by atomic mass is 9.82. The first-order chi connectivity index (χ1) is 40.5. The van der Waals surface area contributed by atoms with E-state index in [1.807, 2.05) is 72.8 Å². The van der Waals surface area contributed by atoms with Crippen molar-refractivity contribution in [1.82, 2.24) is 4.98 Å². The van der Waals surface area contributed by atoms with Gasteiger partial charge in [-0.05, 0) is 193 Å². The van der Waals surface area contributed by atoms with Crippen molar-refractivity contribution >= 4 is 62.7 Å². The van der Waals surface area contributed by atoms with E-state index in [0.29, 0.717) is 76.0 Å². The first-order valence-electron chi connectivity index (χ1n) is 28.9. The van der Waals surface area contributed by atoms with E-state index < -0.39 is 17.9 Å². The van der Waals surface area contributed by atoms with Crippen LogP contribution in [0.15, 0.2) is 134 Å². The third-order valence-electron chi connectivity index (χ3n) is 14.4. The Bertz CT molecular complexity index is 2870. The number of thiazole rings is 1. The van der Waals surface area contributed by atoms with Gasteiger partial charge in [-0.25, -0.2) is 24.4 Å². The highest BCUT2D eigenvalue weighted by atomic mass is 32.1. The summed E-state index contributed by atoms with van der Waals surface area (Å²) in [7, 11) is 0. The molecule has 2 saturated carbocycles. The lowest BCUT2D eigenvalue weighted by Crippen LogP contribution is -2.28. The van der Waals surface area contributed by atoms with Gasteiger partial charge in [0.1, 0.15) is 41.1 Å². The van der Waals surface area contributed by atoms with Crippen LogP contribution in [0, 0.1) is 23.7 Å². The number of carbonyl (C=O) groups is 5. The largest absolute Gasteiger partial charge is 0.494 e. The van der Waals surface area contributed by atoms with Crippen molar-refractivity contribution in [3.05, 3.63) is 135 Å². The summed E-state index contributed by atoms with van der Waals surface area (Å²) in [6.45, 7) is 13.5. The number of fused-ring (bicyclic) bond motifs is 1. The average molecular weight is 1160 g/mol. The Morgan fingerprint density at radius 1 is 0.518 bits per heavy atom. The molecule has 17 nitrogen and oxygen atoms in total. The maximum Gasteiger partial charge on any atom is 0.330 e. The number of hydrogen-bond acceptors (Lipinski definition) is 18. The quantitative estimate of drug-likeness (QED) is 0.00705. The zero-order valence-corrected chi connectivity index (χ0v) is 48.2. The molecule has 18 heteroatoms. The van der Waals surface area contributed by atoms with E-state index in [1.165, 1.54) is 29.7 Å². The number of rotatable bonds is 35. The predicted molar refractivity (Wildman–Crippen MR) is 318 cm³/mol. The number of hydrazone groups is 1. The molecule has 0 N–H and O–H groups in total. The molecular weight excluding hydrogens is 1080 g/mol. The molecule has 0 saturated heterocycles. The second-order valence-electron chi connectivity index (χ2n) is 20.5. The van der Waals surface area contributed by atoms with E-state index in [0.717, 1.165) is 116 Å². The van der Waals surface area contributed by atoms with Crippen molar-refractivity contribution in [3.63, 3.8) is 0 Å². The van der Waals surface area contributed by atoms with Crippen LogP contribution in [0.5, 0.6) is 34.5 Å². The highest BCUT2D eigenvalue weighted by Gasteiger charge is 2.31. The van der Waals surface area contributed by atoms with E-state index in [1.54, 1.807) is 23.2 Å². The van der Waals surface area contributed by atoms with Crippen molar-refractivity contribution in [3.8, 4) is 34.5 Å². The van der Waals surface area contributed by atoms with Crippen LogP contribution in [0.2, 0.25) is 0 Å². The fraction of sp³-hybridized carbons (Fsp3) is 0.431. The molecule has 1 aromatic heterocycles. The second-order valence-corrected chi connectivity index (χ2v) is 21.5. The molecule has 0 unspecified atom stereocenters. The molecule has 442 valence electrons. The van der Waals surface area contributed by atoms with Crippen molar-refractivity contribution in [2.45, 2.75) is 103 Å². The van der Waals surface area contributed by atoms with Crippen molar-refractivity contribution < 1.29 is 66.6 Å². The van der Waals surface area contributed by atoms with E-state index in [2.05, 4.69) is 19.7 Å². The molecule has 2 fully saturated rings. The van der Waals surface area contributed by atoms with Crippen LogP contribution < -0.4 is 33.4 Å². The smallest absolute Gasteiger partial charge is 0.330 e. The summed E-state index contributed by atoms with van der Waals surface area (Å²) >= 11 is 1.42. The average Bonchev–Trinajstić information content (AvgIpc) is 4.21. The number of nitrogens with zero attached hydrogens (tertiary/aromatic N) is 3. The van der Waals surface area contributed by atoms with Crippen LogP contribution in [0.1, 0.15) is 108 Å². The molecule has 1 heterocycles. The number of para-hydroxylation sites is 1. The van der Waals surface area contributed by atoms with Crippen LogP contribution in [0.3, 0.4) is 0 Å². The van der Waals surface area contributed by atoms with E-state index in [4.69, 9.17) is 52.7 Å². The third kappa shape index (κ3) is 21.7. The summed E-state index contributed by atoms with van der Waals surface area (Å²) in [4.78, 5) is 66.8. The van der Waals surface area contributed by atoms with Gasteiger partial charge < -0.3 is 42.6 Å². The highest BCUT2D eigenvalue weighted by Crippen LogP contribution is 2.35. The van der Waals surface area contributed by atoms with E-state index >= 15 is 0 Å². The van der Waals surface area contributed by atoms with Gasteiger partial charge in [0.25, 0.3) is 0 Å². The molecule has 0 amide bonds. The summed E-state index contributed by atoms with van der Waals surface area (Å²) in [5, 5.41) is 6.96. The summed E-state index contributed by atoms with van der Waals surface area (Å²) in [5.41, 5.74) is 1.18. The number of esters is 5. The molecule has 0 radical (unpaired) electrons. The Labute approximate surface area is 490 Å². The molecule has 2 aliphatic rings. The van der Waals surface area contributed by atoms with Gasteiger partial charge in [-0.2, -0.15) is 5.10 Å². The number of ether oxygens (including phenoxy) is 9.